The Kier molecular flexibility index (Phi) is 6.22. The minimum Gasteiger partial charge on any atom is -0.388 e. The maximum absolute atomic E-state index is 11.7. The maximum Gasteiger partial charge on any atom is 0.230 e. The van der Waals surface area contributed by atoms with Gasteiger partial charge < -0.3 is 10.4 Å². The Morgan fingerprint density at radius 1 is 1.28 bits per heavy atom. The molecule has 1 rings (SSSR count). The van der Waals surface area contributed by atoms with E-state index in [4.69, 9.17) is 0 Å². The quantitative estimate of drug-likeness (QED) is 0.746. The first-order valence-electron chi connectivity index (χ1n) is 6.26. The Morgan fingerprint density at radius 3 is 2.44 bits per heavy atom. The molecule has 0 aliphatic rings. The van der Waals surface area contributed by atoms with Crippen molar-refractivity contribution in [2.75, 3.05) is 12.3 Å². The van der Waals surface area contributed by atoms with E-state index in [1.165, 1.54) is 11.8 Å². The van der Waals surface area contributed by atoms with Crippen molar-refractivity contribution in [3.8, 4) is 0 Å². The van der Waals surface area contributed by atoms with Gasteiger partial charge in [-0.2, -0.15) is 0 Å². The molecule has 2 N–H and O–H groups in total. The fourth-order valence-corrected chi connectivity index (χ4v) is 2.23. The third kappa shape index (κ3) is 5.10. The molecule has 0 unspecified atom stereocenters. The third-order valence-electron chi connectivity index (χ3n) is 3.04. The van der Waals surface area contributed by atoms with Crippen LogP contribution in [0.3, 0.4) is 0 Å². The van der Waals surface area contributed by atoms with Gasteiger partial charge in [0.05, 0.1) is 11.4 Å². The van der Waals surface area contributed by atoms with Gasteiger partial charge in [-0.3, -0.25) is 4.79 Å². The van der Waals surface area contributed by atoms with E-state index < -0.39 is 5.60 Å². The zero-order chi connectivity index (χ0) is 13.4. The monoisotopic (exact) mass is 267 g/mol. The van der Waals surface area contributed by atoms with Crippen LogP contribution in [0.5, 0.6) is 0 Å². The summed E-state index contributed by atoms with van der Waals surface area (Å²) < 4.78 is 0. The topological polar surface area (TPSA) is 49.3 Å². The number of rotatable bonds is 7. The van der Waals surface area contributed by atoms with Crippen LogP contribution < -0.4 is 5.32 Å². The van der Waals surface area contributed by atoms with E-state index in [0.29, 0.717) is 25.1 Å². The normalized spacial score (nSPS) is 11.3. The Hall–Kier alpha value is -1.00. The zero-order valence-electron chi connectivity index (χ0n) is 11.0. The minimum absolute atomic E-state index is 0.0378. The van der Waals surface area contributed by atoms with Gasteiger partial charge in [0.25, 0.3) is 0 Å². The molecular formula is C14H21NO2S. The highest BCUT2D eigenvalue weighted by molar-refractivity contribution is 8.00. The van der Waals surface area contributed by atoms with Gasteiger partial charge in [-0.15, -0.1) is 11.8 Å². The molecule has 0 bridgehead atoms. The molecule has 0 spiro atoms. The number of carbonyl (C=O) groups excluding carboxylic acids is 1. The highest BCUT2D eigenvalue weighted by atomic mass is 32.2. The van der Waals surface area contributed by atoms with E-state index in [9.17, 15) is 9.90 Å². The SMILES string of the molecule is CCC(O)(CC)CNC(=O)CSc1ccccc1. The number of thioether (sulfide) groups is 1. The summed E-state index contributed by atoms with van der Waals surface area (Å²) in [4.78, 5) is 12.7. The number of aliphatic hydroxyl groups is 1. The number of carbonyl (C=O) groups is 1. The number of amides is 1. The second kappa shape index (κ2) is 7.44. The first-order chi connectivity index (χ1) is 8.59. The van der Waals surface area contributed by atoms with Crippen molar-refractivity contribution in [1.82, 2.24) is 5.32 Å². The number of hydrogen-bond acceptors (Lipinski definition) is 3. The molecule has 1 aromatic carbocycles. The molecule has 0 heterocycles. The molecule has 18 heavy (non-hydrogen) atoms. The summed E-state index contributed by atoms with van der Waals surface area (Å²) in [6.45, 7) is 4.18. The van der Waals surface area contributed by atoms with Gasteiger partial charge in [0.2, 0.25) is 5.91 Å². The van der Waals surface area contributed by atoms with Crippen molar-refractivity contribution in [3.63, 3.8) is 0 Å². The van der Waals surface area contributed by atoms with E-state index in [2.05, 4.69) is 5.32 Å². The summed E-state index contributed by atoms with van der Waals surface area (Å²) >= 11 is 1.50. The molecule has 100 valence electrons. The lowest BCUT2D eigenvalue weighted by Gasteiger charge is -2.25. The van der Waals surface area contributed by atoms with Crippen LogP contribution in [-0.2, 0) is 4.79 Å². The highest BCUT2D eigenvalue weighted by Gasteiger charge is 2.22. The summed E-state index contributed by atoms with van der Waals surface area (Å²) in [5, 5.41) is 12.8. The predicted octanol–water partition coefficient (Wildman–Crippen LogP) is 2.45. The van der Waals surface area contributed by atoms with Crippen molar-refractivity contribution in [3.05, 3.63) is 30.3 Å². The molecule has 0 aliphatic carbocycles. The summed E-state index contributed by atoms with van der Waals surface area (Å²) in [5.41, 5.74) is -0.771. The molecule has 1 amide bonds. The van der Waals surface area contributed by atoms with Crippen molar-refractivity contribution < 1.29 is 9.90 Å². The minimum atomic E-state index is -0.771. The Balaban J connectivity index is 2.30. The third-order valence-corrected chi connectivity index (χ3v) is 4.06. The van der Waals surface area contributed by atoms with Crippen molar-refractivity contribution in [2.45, 2.75) is 37.2 Å². The summed E-state index contributed by atoms with van der Waals surface area (Å²) in [6, 6.07) is 9.81. The van der Waals surface area contributed by atoms with Gasteiger partial charge in [-0.25, -0.2) is 0 Å². The summed E-state index contributed by atoms with van der Waals surface area (Å²) in [6.07, 6.45) is 1.30. The van der Waals surface area contributed by atoms with Gasteiger partial charge in [0.15, 0.2) is 0 Å². The zero-order valence-corrected chi connectivity index (χ0v) is 11.8. The molecule has 0 atom stereocenters. The van der Waals surface area contributed by atoms with E-state index in [-0.39, 0.29) is 5.91 Å². The van der Waals surface area contributed by atoms with Gasteiger partial charge in [-0.1, -0.05) is 32.0 Å². The predicted molar refractivity (Wildman–Crippen MR) is 75.7 cm³/mol. The lowest BCUT2D eigenvalue weighted by atomic mass is 9.98. The molecule has 0 aliphatic heterocycles. The number of hydrogen-bond donors (Lipinski definition) is 2. The number of nitrogens with one attached hydrogen (secondary N) is 1. The average molecular weight is 267 g/mol. The Morgan fingerprint density at radius 2 is 1.89 bits per heavy atom. The molecule has 1 aromatic rings. The van der Waals surface area contributed by atoms with Crippen LogP contribution in [0.15, 0.2) is 35.2 Å². The first-order valence-corrected chi connectivity index (χ1v) is 7.25. The fraction of sp³-hybridized carbons (Fsp3) is 0.500. The molecule has 3 nitrogen and oxygen atoms in total. The molecular weight excluding hydrogens is 246 g/mol. The molecule has 0 aromatic heterocycles. The second-order valence-corrected chi connectivity index (χ2v) is 5.36. The van der Waals surface area contributed by atoms with Crippen LogP contribution in [0.2, 0.25) is 0 Å². The van der Waals surface area contributed by atoms with Crippen molar-refractivity contribution >= 4 is 17.7 Å². The molecule has 0 radical (unpaired) electrons. The fourth-order valence-electron chi connectivity index (χ4n) is 1.48. The lowest BCUT2D eigenvalue weighted by Crippen LogP contribution is -2.42. The average Bonchev–Trinajstić information content (AvgIpc) is 2.43. The standard InChI is InChI=1S/C14H21NO2S/c1-3-14(17,4-2)11-15-13(16)10-18-12-8-6-5-7-9-12/h5-9,17H,3-4,10-11H2,1-2H3,(H,15,16). The van der Waals surface area contributed by atoms with Crippen molar-refractivity contribution in [1.29, 1.82) is 0 Å². The largest absolute Gasteiger partial charge is 0.388 e. The van der Waals surface area contributed by atoms with Gasteiger partial charge >= 0.3 is 0 Å². The summed E-state index contributed by atoms with van der Waals surface area (Å²) in [5.74, 6) is 0.345. The van der Waals surface area contributed by atoms with Crippen LogP contribution in [0.1, 0.15) is 26.7 Å². The molecule has 0 saturated heterocycles. The van der Waals surface area contributed by atoms with Crippen LogP contribution in [0.25, 0.3) is 0 Å². The first kappa shape index (κ1) is 15.1. The van der Waals surface area contributed by atoms with Gasteiger partial charge in [-0.05, 0) is 25.0 Å². The van der Waals surface area contributed by atoms with Crippen LogP contribution in [0.4, 0.5) is 0 Å². The van der Waals surface area contributed by atoms with Crippen molar-refractivity contribution in [2.24, 2.45) is 0 Å². The van der Waals surface area contributed by atoms with Crippen LogP contribution in [-0.4, -0.2) is 28.9 Å². The van der Waals surface area contributed by atoms with Gasteiger partial charge in [0.1, 0.15) is 0 Å². The van der Waals surface area contributed by atoms with E-state index in [1.807, 2.05) is 44.2 Å². The van der Waals surface area contributed by atoms with Gasteiger partial charge in [0, 0.05) is 11.4 Å². The van der Waals surface area contributed by atoms with Crippen LogP contribution in [0, 0.1) is 0 Å². The highest BCUT2D eigenvalue weighted by Crippen LogP contribution is 2.17. The Labute approximate surface area is 113 Å². The molecule has 0 saturated carbocycles. The smallest absolute Gasteiger partial charge is 0.230 e. The van der Waals surface area contributed by atoms with E-state index in [1.54, 1.807) is 0 Å². The lowest BCUT2D eigenvalue weighted by molar-refractivity contribution is -0.119. The second-order valence-electron chi connectivity index (χ2n) is 4.31. The summed E-state index contributed by atoms with van der Waals surface area (Å²) in [7, 11) is 0. The molecule has 0 fully saturated rings. The maximum atomic E-state index is 11.7. The van der Waals surface area contributed by atoms with Crippen LogP contribution >= 0.6 is 11.8 Å². The molecule has 4 heteroatoms. The Bertz CT molecular complexity index is 363. The number of benzene rings is 1. The van der Waals surface area contributed by atoms with E-state index >= 15 is 0 Å². The van der Waals surface area contributed by atoms with E-state index in [0.717, 1.165) is 4.90 Å².